The van der Waals surface area contributed by atoms with E-state index in [0.717, 1.165) is 64.2 Å². The number of hydrogen-bond donors (Lipinski definition) is 6. The first kappa shape index (κ1) is 85.9. The first-order chi connectivity index (χ1) is 44.2. The third-order valence-electron chi connectivity index (χ3n) is 18.7. The van der Waals surface area contributed by atoms with Crippen LogP contribution in [0.25, 0.3) is 0 Å². The second kappa shape index (κ2) is 68.3. The second-order valence-corrected chi connectivity index (χ2v) is 27.4. The standard InChI is InChI=1S/C79H149NO10/c1-3-5-7-9-11-13-15-43-47-51-55-59-63-67-75(84)88-68-64-60-56-52-48-45-42-40-38-36-34-32-30-28-26-24-22-20-18-16-17-19-21-23-25-27-29-31-33-35-37-39-41-44-46-50-54-58-62-66-74(83)80-71(70-89-79-78(87)77(86)76(85)73(69-81)90-79)72(82)65-61-57-53-49-14-12-10-8-6-4-2/h6,8,14,49,61,65,71-73,76-79,81-82,85-87H,3-5,7,9-13,15-48,50-60,62-64,66-70H2,1-2H3,(H,80,83)/b8-6+,49-14+,65-61+. The van der Waals surface area contributed by atoms with Gasteiger partial charge in [0.25, 0.3) is 0 Å². The van der Waals surface area contributed by atoms with E-state index < -0.39 is 49.5 Å². The number of esters is 1. The normalized spacial score (nSPS) is 17.8. The van der Waals surface area contributed by atoms with Crippen LogP contribution < -0.4 is 5.32 Å². The van der Waals surface area contributed by atoms with Gasteiger partial charge in [-0.3, -0.25) is 9.59 Å². The van der Waals surface area contributed by atoms with Crippen molar-refractivity contribution in [2.24, 2.45) is 0 Å². The van der Waals surface area contributed by atoms with Gasteiger partial charge in [-0.2, -0.15) is 0 Å². The molecule has 0 aromatic rings. The van der Waals surface area contributed by atoms with Crippen molar-refractivity contribution >= 4 is 11.9 Å². The average molecular weight is 1270 g/mol. The van der Waals surface area contributed by atoms with Gasteiger partial charge in [0.05, 0.1) is 32.0 Å². The molecule has 1 amide bonds. The molecule has 1 aliphatic rings. The lowest BCUT2D eigenvalue weighted by molar-refractivity contribution is -0.302. The van der Waals surface area contributed by atoms with Crippen molar-refractivity contribution in [3.63, 3.8) is 0 Å². The molecule has 0 aromatic heterocycles. The van der Waals surface area contributed by atoms with Gasteiger partial charge in [0, 0.05) is 12.8 Å². The molecule has 7 unspecified atom stereocenters. The molecule has 1 aliphatic heterocycles. The van der Waals surface area contributed by atoms with Gasteiger partial charge in [-0.15, -0.1) is 0 Å². The van der Waals surface area contributed by atoms with E-state index in [1.807, 2.05) is 6.08 Å². The summed E-state index contributed by atoms with van der Waals surface area (Å²) in [6.07, 6.45) is 79.3. The summed E-state index contributed by atoms with van der Waals surface area (Å²) >= 11 is 0. The third-order valence-corrected chi connectivity index (χ3v) is 18.7. The number of carbonyl (C=O) groups excluding carboxylic acids is 2. The molecule has 90 heavy (non-hydrogen) atoms. The average Bonchev–Trinajstić information content (AvgIpc) is 3.68. The topological polar surface area (TPSA) is 175 Å². The van der Waals surface area contributed by atoms with E-state index in [0.29, 0.717) is 19.4 Å². The highest BCUT2D eigenvalue weighted by Gasteiger charge is 2.44. The first-order valence-corrected chi connectivity index (χ1v) is 39.3. The molecule has 0 radical (unpaired) electrons. The summed E-state index contributed by atoms with van der Waals surface area (Å²) in [6, 6.07) is -0.829. The van der Waals surface area contributed by atoms with E-state index in [-0.39, 0.29) is 18.5 Å². The molecule has 1 heterocycles. The number of nitrogens with one attached hydrogen (secondary N) is 1. The van der Waals surface area contributed by atoms with Gasteiger partial charge in [-0.05, 0) is 51.4 Å². The minimum atomic E-state index is -1.58. The molecular weight excluding hydrogens is 1120 g/mol. The molecule has 11 heteroatoms. The molecule has 0 aliphatic carbocycles. The fraction of sp³-hybridized carbons (Fsp3) is 0.899. The van der Waals surface area contributed by atoms with E-state index in [1.54, 1.807) is 6.08 Å². The smallest absolute Gasteiger partial charge is 0.305 e. The maximum Gasteiger partial charge on any atom is 0.305 e. The fourth-order valence-electron chi connectivity index (χ4n) is 12.7. The molecule has 11 nitrogen and oxygen atoms in total. The monoisotopic (exact) mass is 1270 g/mol. The van der Waals surface area contributed by atoms with Crippen LogP contribution in [0.3, 0.4) is 0 Å². The maximum atomic E-state index is 13.0. The van der Waals surface area contributed by atoms with Crippen LogP contribution in [0.1, 0.15) is 393 Å². The number of aliphatic hydroxyl groups is 5. The van der Waals surface area contributed by atoms with Crippen LogP contribution in [0.2, 0.25) is 0 Å². The largest absolute Gasteiger partial charge is 0.466 e. The zero-order valence-corrected chi connectivity index (χ0v) is 59.1. The molecular formula is C79H149NO10. The van der Waals surface area contributed by atoms with Crippen LogP contribution in [-0.2, 0) is 23.8 Å². The lowest BCUT2D eigenvalue weighted by Gasteiger charge is -2.40. The first-order valence-electron chi connectivity index (χ1n) is 39.3. The Kier molecular flexibility index (Phi) is 65.2. The van der Waals surface area contributed by atoms with Crippen LogP contribution in [0.15, 0.2) is 36.5 Å². The summed E-state index contributed by atoms with van der Waals surface area (Å²) in [6.45, 7) is 4.25. The summed E-state index contributed by atoms with van der Waals surface area (Å²) in [5.74, 6) is -0.171. The molecule has 1 rings (SSSR count). The summed E-state index contributed by atoms with van der Waals surface area (Å²) in [7, 11) is 0. The van der Waals surface area contributed by atoms with Crippen LogP contribution >= 0.6 is 0 Å². The number of allylic oxidation sites excluding steroid dienone is 5. The Hall–Kier alpha value is -2.12. The Labute approximate surface area is 555 Å². The van der Waals surface area contributed by atoms with Crippen molar-refractivity contribution in [1.82, 2.24) is 5.32 Å². The van der Waals surface area contributed by atoms with Gasteiger partial charge >= 0.3 is 5.97 Å². The van der Waals surface area contributed by atoms with Crippen molar-refractivity contribution in [2.45, 2.75) is 436 Å². The molecule has 0 bridgehead atoms. The number of ether oxygens (including phenoxy) is 3. The molecule has 0 aromatic carbocycles. The minimum absolute atomic E-state index is 0.0202. The van der Waals surface area contributed by atoms with Crippen LogP contribution in [0.5, 0.6) is 0 Å². The van der Waals surface area contributed by atoms with Gasteiger partial charge in [0.15, 0.2) is 6.29 Å². The van der Waals surface area contributed by atoms with Crippen molar-refractivity contribution in [1.29, 1.82) is 0 Å². The van der Waals surface area contributed by atoms with Crippen LogP contribution in [-0.4, -0.2) is 100 Å². The molecule has 1 fully saturated rings. The SMILES string of the molecule is CC/C=C/CC/C=C/CC/C=C/C(O)C(COC1OC(CO)C(O)C(O)C1O)NC(=O)CCCCCCCCCCCCCCCCCCCCCCCCCCCCCCCCCCCCCCCCCOC(=O)CCCCCCCCCCCCCCC. The molecule has 1 saturated heterocycles. The van der Waals surface area contributed by atoms with E-state index in [1.165, 1.54) is 302 Å². The summed E-state index contributed by atoms with van der Waals surface area (Å²) in [4.78, 5) is 25.1. The number of aliphatic hydroxyl groups excluding tert-OH is 5. The number of hydrogen-bond acceptors (Lipinski definition) is 10. The molecule has 0 spiro atoms. The Morgan fingerprint density at radius 3 is 1.09 bits per heavy atom. The van der Waals surface area contributed by atoms with E-state index in [4.69, 9.17) is 14.2 Å². The van der Waals surface area contributed by atoms with Crippen molar-refractivity contribution in [3.05, 3.63) is 36.5 Å². The predicted molar refractivity (Wildman–Crippen MR) is 380 cm³/mol. The Bertz CT molecular complexity index is 1590. The number of unbranched alkanes of at least 4 members (excludes halogenated alkanes) is 52. The van der Waals surface area contributed by atoms with Gasteiger partial charge in [0.2, 0.25) is 5.91 Å². The molecule has 530 valence electrons. The Morgan fingerprint density at radius 2 is 0.733 bits per heavy atom. The highest BCUT2D eigenvalue weighted by atomic mass is 16.7. The zero-order valence-electron chi connectivity index (χ0n) is 59.1. The molecule has 7 atom stereocenters. The summed E-state index contributed by atoms with van der Waals surface area (Å²) in [5, 5.41) is 54.3. The predicted octanol–water partition coefficient (Wildman–Crippen LogP) is 20.9. The van der Waals surface area contributed by atoms with E-state index >= 15 is 0 Å². The van der Waals surface area contributed by atoms with Gasteiger partial charge in [-0.1, -0.05) is 365 Å². The number of carbonyl (C=O) groups is 2. The fourth-order valence-corrected chi connectivity index (χ4v) is 12.7. The van der Waals surface area contributed by atoms with Crippen molar-refractivity contribution in [2.75, 3.05) is 19.8 Å². The maximum absolute atomic E-state index is 13.0. The zero-order chi connectivity index (χ0) is 65.1. The lowest BCUT2D eigenvalue weighted by atomic mass is 9.99. The number of rotatable bonds is 70. The van der Waals surface area contributed by atoms with Gasteiger partial charge in [-0.25, -0.2) is 0 Å². The second-order valence-electron chi connectivity index (χ2n) is 27.4. The lowest BCUT2D eigenvalue weighted by Crippen LogP contribution is -2.60. The van der Waals surface area contributed by atoms with Crippen molar-refractivity contribution in [3.8, 4) is 0 Å². The molecule has 6 N–H and O–H groups in total. The van der Waals surface area contributed by atoms with Crippen LogP contribution in [0, 0.1) is 0 Å². The minimum Gasteiger partial charge on any atom is -0.466 e. The summed E-state index contributed by atoms with van der Waals surface area (Å²) in [5.41, 5.74) is 0. The Balaban J connectivity index is 1.85. The van der Waals surface area contributed by atoms with E-state index in [9.17, 15) is 35.1 Å². The molecule has 0 saturated carbocycles. The Morgan fingerprint density at radius 1 is 0.411 bits per heavy atom. The third kappa shape index (κ3) is 56.2. The van der Waals surface area contributed by atoms with Crippen molar-refractivity contribution < 1.29 is 49.3 Å². The highest BCUT2D eigenvalue weighted by Crippen LogP contribution is 2.24. The van der Waals surface area contributed by atoms with Crippen LogP contribution in [0.4, 0.5) is 0 Å². The van der Waals surface area contributed by atoms with Gasteiger partial charge in [0.1, 0.15) is 24.4 Å². The number of amides is 1. The van der Waals surface area contributed by atoms with Gasteiger partial charge < -0.3 is 45.1 Å². The summed E-state index contributed by atoms with van der Waals surface area (Å²) < 4.78 is 16.7. The quantitative estimate of drug-likeness (QED) is 0.0195. The highest BCUT2D eigenvalue weighted by molar-refractivity contribution is 5.76. The van der Waals surface area contributed by atoms with E-state index in [2.05, 4.69) is 43.5 Å².